The highest BCUT2D eigenvalue weighted by Crippen LogP contribution is 2.28. The molecule has 0 bridgehead atoms. The predicted molar refractivity (Wildman–Crippen MR) is 80.7 cm³/mol. The lowest BCUT2D eigenvalue weighted by molar-refractivity contribution is 0.122. The van der Waals surface area contributed by atoms with Crippen LogP contribution in [0, 0.1) is 5.82 Å². The maximum absolute atomic E-state index is 14.4. The summed E-state index contributed by atoms with van der Waals surface area (Å²) in [6.45, 7) is 3.39. The van der Waals surface area contributed by atoms with E-state index >= 15 is 0 Å². The molecule has 0 saturated carbocycles. The van der Waals surface area contributed by atoms with Crippen molar-refractivity contribution in [3.8, 4) is 0 Å². The Balaban J connectivity index is 1.75. The molecule has 1 aromatic carbocycles. The van der Waals surface area contributed by atoms with Gasteiger partial charge in [-0.2, -0.15) is 0 Å². The first-order valence-electron chi connectivity index (χ1n) is 7.49. The lowest BCUT2D eigenvalue weighted by Gasteiger charge is -2.29. The van der Waals surface area contributed by atoms with Crippen LogP contribution in [-0.4, -0.2) is 51.6 Å². The Labute approximate surface area is 128 Å². The minimum absolute atomic E-state index is 0.223. The van der Waals surface area contributed by atoms with Crippen LogP contribution in [0.4, 0.5) is 20.6 Å². The summed E-state index contributed by atoms with van der Waals surface area (Å²) in [5.74, 6) is -0.338. The maximum Gasteiger partial charge on any atom is 0.414 e. The van der Waals surface area contributed by atoms with Crippen molar-refractivity contribution < 1.29 is 18.7 Å². The van der Waals surface area contributed by atoms with Crippen molar-refractivity contribution in [3.05, 3.63) is 24.0 Å². The van der Waals surface area contributed by atoms with Crippen LogP contribution in [0.2, 0.25) is 0 Å². The van der Waals surface area contributed by atoms with Crippen LogP contribution in [-0.2, 0) is 9.47 Å². The van der Waals surface area contributed by atoms with Crippen LogP contribution in [0.1, 0.15) is 6.42 Å². The van der Waals surface area contributed by atoms with Crippen LogP contribution in [0.15, 0.2) is 18.2 Å². The van der Waals surface area contributed by atoms with E-state index in [1.54, 1.807) is 12.1 Å². The van der Waals surface area contributed by atoms with Crippen LogP contribution in [0.5, 0.6) is 0 Å². The summed E-state index contributed by atoms with van der Waals surface area (Å²) in [7, 11) is 0. The summed E-state index contributed by atoms with van der Waals surface area (Å²) in [6.07, 6.45) is -0.0622. The average molecular weight is 309 g/mol. The minimum Gasteiger partial charge on any atom is -0.444 e. The number of hydrogen-bond donors (Lipinski definition) is 1. The Morgan fingerprint density at radius 2 is 2.09 bits per heavy atom. The fourth-order valence-corrected chi connectivity index (χ4v) is 2.79. The number of benzene rings is 1. The zero-order chi connectivity index (χ0) is 15.5. The van der Waals surface area contributed by atoms with Crippen molar-refractivity contribution in [2.45, 2.75) is 12.5 Å². The third-order valence-corrected chi connectivity index (χ3v) is 3.96. The summed E-state index contributed by atoms with van der Waals surface area (Å²) >= 11 is 0. The number of nitrogens with zero attached hydrogens (tertiary/aromatic N) is 2. The van der Waals surface area contributed by atoms with Gasteiger partial charge in [-0.25, -0.2) is 9.18 Å². The van der Waals surface area contributed by atoms with E-state index in [-0.39, 0.29) is 11.9 Å². The molecule has 1 unspecified atom stereocenters. The predicted octanol–water partition coefficient (Wildman–Crippen LogP) is 1.34. The molecule has 120 valence electrons. The van der Waals surface area contributed by atoms with Crippen LogP contribution in [0.3, 0.4) is 0 Å². The van der Waals surface area contributed by atoms with Gasteiger partial charge in [0.1, 0.15) is 11.9 Å². The molecule has 2 fully saturated rings. The zero-order valence-corrected chi connectivity index (χ0v) is 12.3. The molecule has 2 N–H and O–H groups in total. The van der Waals surface area contributed by atoms with E-state index in [0.29, 0.717) is 57.2 Å². The Kier molecular flexibility index (Phi) is 4.44. The van der Waals surface area contributed by atoms with Gasteiger partial charge in [-0.15, -0.1) is 0 Å². The number of morpholine rings is 1. The monoisotopic (exact) mass is 309 g/mol. The number of cyclic esters (lactones) is 1. The molecule has 2 aliphatic rings. The molecule has 7 heteroatoms. The highest BCUT2D eigenvalue weighted by Gasteiger charge is 2.32. The van der Waals surface area contributed by atoms with E-state index in [0.717, 1.165) is 0 Å². The van der Waals surface area contributed by atoms with Crippen molar-refractivity contribution in [1.82, 2.24) is 0 Å². The lowest BCUT2D eigenvalue weighted by Crippen LogP contribution is -2.36. The minimum atomic E-state index is -0.447. The molecule has 6 nitrogen and oxygen atoms in total. The van der Waals surface area contributed by atoms with E-state index < -0.39 is 6.09 Å². The van der Waals surface area contributed by atoms with Gasteiger partial charge in [0, 0.05) is 13.1 Å². The van der Waals surface area contributed by atoms with Crippen molar-refractivity contribution in [2.75, 3.05) is 49.2 Å². The second-order valence-corrected chi connectivity index (χ2v) is 5.43. The Bertz CT molecular complexity index is 549. The van der Waals surface area contributed by atoms with E-state index in [1.807, 2.05) is 4.90 Å². The number of carbonyl (C=O) groups excluding carboxylic acids is 1. The Morgan fingerprint density at radius 1 is 1.32 bits per heavy atom. The largest absolute Gasteiger partial charge is 0.444 e. The Morgan fingerprint density at radius 3 is 2.77 bits per heavy atom. The zero-order valence-electron chi connectivity index (χ0n) is 12.3. The number of nitrogens with two attached hydrogens (primary N) is 1. The fraction of sp³-hybridized carbons (Fsp3) is 0.533. The highest BCUT2D eigenvalue weighted by molar-refractivity contribution is 5.90. The lowest BCUT2D eigenvalue weighted by atomic mass is 10.2. The smallest absolute Gasteiger partial charge is 0.414 e. The summed E-state index contributed by atoms with van der Waals surface area (Å²) in [6, 6.07) is 4.84. The van der Waals surface area contributed by atoms with Gasteiger partial charge in [-0.05, 0) is 31.2 Å². The van der Waals surface area contributed by atoms with Crippen molar-refractivity contribution >= 4 is 17.5 Å². The number of halogens is 1. The van der Waals surface area contributed by atoms with Gasteiger partial charge >= 0.3 is 6.09 Å². The average Bonchev–Trinajstić information content (AvgIpc) is 2.89. The molecule has 1 aromatic rings. The normalized spacial score (nSPS) is 22.1. The Hall–Kier alpha value is -1.86. The number of ether oxygens (including phenoxy) is 2. The topological polar surface area (TPSA) is 68.0 Å². The van der Waals surface area contributed by atoms with Gasteiger partial charge in [0.2, 0.25) is 0 Å². The third kappa shape index (κ3) is 3.00. The summed E-state index contributed by atoms with van der Waals surface area (Å²) in [5.41, 5.74) is 6.53. The van der Waals surface area contributed by atoms with E-state index in [1.165, 1.54) is 11.0 Å². The molecule has 2 aliphatic heterocycles. The van der Waals surface area contributed by atoms with Crippen LogP contribution < -0.4 is 15.5 Å². The quantitative estimate of drug-likeness (QED) is 0.909. The molecule has 3 rings (SSSR count). The molecule has 1 amide bonds. The second kappa shape index (κ2) is 6.50. The summed E-state index contributed by atoms with van der Waals surface area (Å²) < 4.78 is 24.9. The first-order valence-corrected chi connectivity index (χ1v) is 7.49. The molecule has 2 saturated heterocycles. The molecular formula is C15H20FN3O3. The van der Waals surface area contributed by atoms with E-state index in [9.17, 15) is 9.18 Å². The molecule has 0 spiro atoms. The summed E-state index contributed by atoms with van der Waals surface area (Å²) in [5, 5.41) is 0. The summed E-state index contributed by atoms with van der Waals surface area (Å²) in [4.78, 5) is 15.3. The molecular weight excluding hydrogens is 289 g/mol. The van der Waals surface area contributed by atoms with Crippen molar-refractivity contribution in [3.63, 3.8) is 0 Å². The number of anilines is 2. The fourth-order valence-electron chi connectivity index (χ4n) is 2.79. The van der Waals surface area contributed by atoms with Gasteiger partial charge in [-0.3, -0.25) is 4.90 Å². The van der Waals surface area contributed by atoms with Gasteiger partial charge in [0.25, 0.3) is 0 Å². The first-order chi connectivity index (χ1) is 10.7. The maximum atomic E-state index is 14.4. The third-order valence-electron chi connectivity index (χ3n) is 3.96. The standard InChI is InChI=1S/C15H20FN3O3/c16-13-9-11(19-10-12(3-4-17)22-15(19)20)1-2-14(13)18-5-7-21-8-6-18/h1-2,9,12H,3-8,10,17H2. The molecule has 1 atom stereocenters. The molecule has 2 heterocycles. The van der Waals surface area contributed by atoms with Crippen molar-refractivity contribution in [2.24, 2.45) is 5.73 Å². The van der Waals surface area contributed by atoms with Gasteiger partial charge in [-0.1, -0.05) is 0 Å². The van der Waals surface area contributed by atoms with Gasteiger partial charge in [0.05, 0.1) is 31.1 Å². The van der Waals surface area contributed by atoms with Crippen LogP contribution >= 0.6 is 0 Å². The van der Waals surface area contributed by atoms with E-state index in [4.69, 9.17) is 15.2 Å². The molecule has 0 aliphatic carbocycles. The number of amides is 1. The van der Waals surface area contributed by atoms with Gasteiger partial charge in [0.15, 0.2) is 0 Å². The number of carbonyl (C=O) groups is 1. The number of rotatable bonds is 4. The second-order valence-electron chi connectivity index (χ2n) is 5.43. The SMILES string of the molecule is NCCC1CN(c2ccc(N3CCOCC3)c(F)c2)C(=O)O1. The van der Waals surface area contributed by atoms with Crippen LogP contribution in [0.25, 0.3) is 0 Å². The molecule has 22 heavy (non-hydrogen) atoms. The first kappa shape index (κ1) is 15.1. The van der Waals surface area contributed by atoms with Gasteiger partial charge < -0.3 is 20.1 Å². The molecule has 0 aromatic heterocycles. The number of hydrogen-bond acceptors (Lipinski definition) is 5. The van der Waals surface area contributed by atoms with E-state index in [2.05, 4.69) is 0 Å². The highest BCUT2D eigenvalue weighted by atomic mass is 19.1. The molecule has 0 radical (unpaired) electrons. The van der Waals surface area contributed by atoms with Crippen molar-refractivity contribution in [1.29, 1.82) is 0 Å².